The summed E-state index contributed by atoms with van der Waals surface area (Å²) in [4.78, 5) is 44.2. The fourth-order valence-electron chi connectivity index (χ4n) is 8.07. The van der Waals surface area contributed by atoms with E-state index in [1.165, 1.54) is 6.42 Å². The van der Waals surface area contributed by atoms with Crippen molar-refractivity contribution in [3.05, 3.63) is 36.4 Å². The first-order valence-corrected chi connectivity index (χ1v) is 15.2. The monoisotopic (exact) mass is 549 g/mol. The Hall–Kier alpha value is -2.87. The Morgan fingerprint density at radius 1 is 1.00 bits per heavy atom. The summed E-state index contributed by atoms with van der Waals surface area (Å²) in [5, 5.41) is 6.36. The summed E-state index contributed by atoms with van der Waals surface area (Å²) < 4.78 is 11.8. The van der Waals surface area contributed by atoms with Gasteiger partial charge in [0.25, 0.3) is 0 Å². The highest BCUT2D eigenvalue weighted by atomic mass is 16.5. The van der Waals surface area contributed by atoms with Crippen LogP contribution < -0.4 is 15.4 Å². The molecule has 0 unspecified atom stereocenters. The Kier molecular flexibility index (Phi) is 7.18. The van der Waals surface area contributed by atoms with Gasteiger partial charge in [0, 0.05) is 17.8 Å². The Labute approximate surface area is 237 Å². The van der Waals surface area contributed by atoms with Crippen LogP contribution in [0.3, 0.4) is 0 Å². The van der Waals surface area contributed by atoms with Crippen LogP contribution in [0.4, 0.5) is 5.69 Å². The molecule has 1 aromatic carbocycles. The maximum Gasteiger partial charge on any atom is 0.246 e. The van der Waals surface area contributed by atoms with E-state index < -0.39 is 29.6 Å². The van der Waals surface area contributed by atoms with Gasteiger partial charge in [-0.15, -0.1) is 0 Å². The number of carbonyl (C=O) groups is 3. The van der Waals surface area contributed by atoms with Crippen molar-refractivity contribution in [3.8, 4) is 5.75 Å². The molecule has 8 atom stereocenters. The van der Waals surface area contributed by atoms with Crippen LogP contribution in [0.1, 0.15) is 65.7 Å². The molecule has 2 saturated heterocycles. The molecular weight excluding hydrogens is 506 g/mol. The highest BCUT2D eigenvalue weighted by Gasteiger charge is 2.73. The number of nitrogens with one attached hydrogen (secondary N) is 2. The fraction of sp³-hybridized carbons (Fsp3) is 0.656. The van der Waals surface area contributed by atoms with E-state index in [1.54, 1.807) is 31.4 Å². The number of hydrogen-bond donors (Lipinski definition) is 2. The first kappa shape index (κ1) is 27.3. The van der Waals surface area contributed by atoms with Crippen LogP contribution in [0, 0.1) is 29.6 Å². The highest BCUT2D eigenvalue weighted by Crippen LogP contribution is 2.56. The van der Waals surface area contributed by atoms with Gasteiger partial charge in [-0.1, -0.05) is 45.8 Å². The van der Waals surface area contributed by atoms with Crippen LogP contribution >= 0.6 is 0 Å². The van der Waals surface area contributed by atoms with Crippen LogP contribution in [0.2, 0.25) is 0 Å². The normalized spacial score (nSPS) is 40.1. The van der Waals surface area contributed by atoms with Gasteiger partial charge in [-0.25, -0.2) is 0 Å². The molecule has 2 N–H and O–H groups in total. The zero-order valence-electron chi connectivity index (χ0n) is 24.1. The summed E-state index contributed by atoms with van der Waals surface area (Å²) in [6.45, 7) is 6.72. The third-order valence-corrected chi connectivity index (χ3v) is 10.6. The van der Waals surface area contributed by atoms with Crippen molar-refractivity contribution in [2.24, 2.45) is 29.6 Å². The Morgan fingerprint density at radius 3 is 2.42 bits per heavy atom. The molecule has 3 heterocycles. The maximum atomic E-state index is 14.4. The molecule has 6 rings (SSSR count). The van der Waals surface area contributed by atoms with Gasteiger partial charge in [-0.05, 0) is 74.1 Å². The summed E-state index contributed by atoms with van der Waals surface area (Å²) in [7, 11) is 1.60. The third-order valence-electron chi connectivity index (χ3n) is 10.6. The number of benzene rings is 1. The van der Waals surface area contributed by atoms with Gasteiger partial charge >= 0.3 is 0 Å². The molecule has 8 nitrogen and oxygen atoms in total. The molecule has 1 spiro atoms. The van der Waals surface area contributed by atoms with Crippen molar-refractivity contribution in [2.75, 3.05) is 12.4 Å². The number of nitrogens with zero attached hydrogens (tertiary/aromatic N) is 1. The highest BCUT2D eigenvalue weighted by molar-refractivity contribution is 6.03. The second kappa shape index (κ2) is 10.5. The summed E-state index contributed by atoms with van der Waals surface area (Å²) in [5.41, 5.74) is -0.495. The summed E-state index contributed by atoms with van der Waals surface area (Å²) in [6, 6.07) is 6.42. The number of fused-ring (bicyclic) bond motifs is 1. The van der Waals surface area contributed by atoms with E-state index in [1.807, 2.05) is 17.1 Å². The van der Waals surface area contributed by atoms with E-state index in [-0.39, 0.29) is 29.8 Å². The van der Waals surface area contributed by atoms with Gasteiger partial charge in [0.05, 0.1) is 25.0 Å². The van der Waals surface area contributed by atoms with E-state index in [0.29, 0.717) is 29.2 Å². The maximum absolute atomic E-state index is 14.4. The van der Waals surface area contributed by atoms with Crippen LogP contribution in [-0.2, 0) is 19.1 Å². The minimum absolute atomic E-state index is 0.0246. The largest absolute Gasteiger partial charge is 0.497 e. The van der Waals surface area contributed by atoms with Crippen LogP contribution in [0.15, 0.2) is 36.4 Å². The van der Waals surface area contributed by atoms with Gasteiger partial charge in [0.15, 0.2) is 0 Å². The molecule has 4 fully saturated rings. The minimum atomic E-state index is -1.12. The van der Waals surface area contributed by atoms with Crippen molar-refractivity contribution in [1.29, 1.82) is 0 Å². The van der Waals surface area contributed by atoms with E-state index in [2.05, 4.69) is 31.4 Å². The molecule has 216 valence electrons. The van der Waals surface area contributed by atoms with Crippen molar-refractivity contribution in [3.63, 3.8) is 0 Å². The lowest BCUT2D eigenvalue weighted by Gasteiger charge is -2.41. The molecule has 40 heavy (non-hydrogen) atoms. The van der Waals surface area contributed by atoms with Gasteiger partial charge < -0.3 is 25.0 Å². The predicted octanol–water partition coefficient (Wildman–Crippen LogP) is 4.30. The molecule has 0 aromatic heterocycles. The van der Waals surface area contributed by atoms with Crippen molar-refractivity contribution >= 4 is 23.4 Å². The number of ether oxygens (including phenoxy) is 2. The second-order valence-corrected chi connectivity index (χ2v) is 13.0. The first-order valence-electron chi connectivity index (χ1n) is 15.2. The molecule has 0 radical (unpaired) electrons. The Balaban J connectivity index is 1.30. The fourth-order valence-corrected chi connectivity index (χ4v) is 8.07. The molecule has 2 saturated carbocycles. The van der Waals surface area contributed by atoms with Crippen LogP contribution in [0.25, 0.3) is 0 Å². The molecule has 5 aliphatic rings. The van der Waals surface area contributed by atoms with Gasteiger partial charge in [0.2, 0.25) is 17.7 Å². The van der Waals surface area contributed by atoms with Crippen LogP contribution in [0.5, 0.6) is 5.75 Å². The SMILES string of the molecule is COc1ccc(NC(=O)[C@@H]2[C@@H]3C=C[C@]4(O3)[C@@H]2C(=O)N(C2CCC(C)CC2)[C@H]4C(=O)N[C@@H]2CCC[C@H](C)[C@H]2C)cc1. The molecule has 3 amide bonds. The quantitative estimate of drug-likeness (QED) is 0.516. The lowest BCUT2D eigenvalue weighted by molar-refractivity contribution is -0.145. The Bertz CT molecular complexity index is 1180. The number of methoxy groups -OCH3 is 1. The van der Waals surface area contributed by atoms with Crippen molar-refractivity contribution < 1.29 is 23.9 Å². The lowest BCUT2D eigenvalue weighted by atomic mass is 9.73. The van der Waals surface area contributed by atoms with E-state index >= 15 is 0 Å². The molecule has 2 bridgehead atoms. The molecule has 8 heteroatoms. The number of rotatable bonds is 6. The van der Waals surface area contributed by atoms with E-state index in [4.69, 9.17) is 9.47 Å². The average molecular weight is 550 g/mol. The number of anilines is 1. The average Bonchev–Trinajstić information content (AvgIpc) is 3.59. The number of likely N-dealkylation sites (tertiary alicyclic amines) is 1. The second-order valence-electron chi connectivity index (χ2n) is 13.0. The van der Waals surface area contributed by atoms with Crippen molar-refractivity contribution in [2.45, 2.75) is 95.5 Å². The van der Waals surface area contributed by atoms with Gasteiger partial charge in [0.1, 0.15) is 17.4 Å². The van der Waals surface area contributed by atoms with Crippen LogP contribution in [-0.4, -0.2) is 59.6 Å². The molecule has 2 aliphatic carbocycles. The Morgan fingerprint density at radius 2 is 1.73 bits per heavy atom. The molecule has 3 aliphatic heterocycles. The first-order chi connectivity index (χ1) is 19.2. The van der Waals surface area contributed by atoms with Gasteiger partial charge in [-0.3, -0.25) is 14.4 Å². The number of carbonyl (C=O) groups excluding carboxylic acids is 3. The third kappa shape index (κ3) is 4.43. The molecular formula is C32H43N3O5. The molecule has 1 aromatic rings. The zero-order chi connectivity index (χ0) is 28.2. The standard InChI is InChI=1S/C32H43N3O5/c1-18-8-12-22(13-9-18)35-28(30(37)34-24-7-5-6-19(2)20(24)3)32-17-16-25(40-32)26(27(32)31(35)38)29(36)33-21-10-14-23(39-4)15-11-21/h10-11,14-20,22,24-28H,5-9,12-13H2,1-4H3,(H,33,36)(H,34,37)/t18?,19-,20+,22?,24+,25-,26+,27-,28-,32-/m0/s1. The minimum Gasteiger partial charge on any atom is -0.497 e. The predicted molar refractivity (Wildman–Crippen MR) is 152 cm³/mol. The van der Waals surface area contributed by atoms with E-state index in [0.717, 1.165) is 38.5 Å². The smallest absolute Gasteiger partial charge is 0.246 e. The van der Waals surface area contributed by atoms with Crippen molar-refractivity contribution in [1.82, 2.24) is 10.2 Å². The topological polar surface area (TPSA) is 97.0 Å². The van der Waals surface area contributed by atoms with Gasteiger partial charge in [-0.2, -0.15) is 0 Å². The number of hydrogen-bond acceptors (Lipinski definition) is 5. The zero-order valence-corrected chi connectivity index (χ0v) is 24.1. The van der Waals surface area contributed by atoms with E-state index in [9.17, 15) is 14.4 Å². The number of amides is 3. The summed E-state index contributed by atoms with van der Waals surface area (Å²) >= 11 is 0. The summed E-state index contributed by atoms with van der Waals surface area (Å²) in [5.74, 6) is 0.276. The summed E-state index contributed by atoms with van der Waals surface area (Å²) in [6.07, 6.45) is 10.3. The lowest BCUT2D eigenvalue weighted by Crippen LogP contribution is -2.59.